The lowest BCUT2D eigenvalue weighted by Crippen LogP contribution is -2.46. The molecule has 8 heteroatoms. The Morgan fingerprint density at radius 2 is 1.88 bits per heavy atom. The number of amides is 1. The second kappa shape index (κ2) is 6.87. The second-order valence-electron chi connectivity index (χ2n) is 6.22. The van der Waals surface area contributed by atoms with Crippen LogP contribution in [0, 0.1) is 0 Å². The van der Waals surface area contributed by atoms with Crippen LogP contribution in [0.3, 0.4) is 0 Å². The fraction of sp³-hybridized carbons (Fsp3) is 0.412. The molecule has 0 aliphatic rings. The number of nitrogens with one attached hydrogen (secondary N) is 1. The molecule has 0 bridgehead atoms. The minimum Gasteiger partial charge on any atom is -0.374 e. The van der Waals surface area contributed by atoms with Crippen molar-refractivity contribution in [3.05, 3.63) is 48.0 Å². The maximum atomic E-state index is 13.4. The Morgan fingerprint density at radius 3 is 2.32 bits per heavy atom. The quantitative estimate of drug-likeness (QED) is 0.865. The van der Waals surface area contributed by atoms with Gasteiger partial charge in [-0.3, -0.25) is 4.79 Å². The molecule has 0 saturated carbocycles. The van der Waals surface area contributed by atoms with Crippen molar-refractivity contribution in [2.75, 3.05) is 5.32 Å². The highest BCUT2D eigenvalue weighted by Gasteiger charge is 2.58. The fourth-order valence-corrected chi connectivity index (χ4v) is 2.46. The summed E-state index contributed by atoms with van der Waals surface area (Å²) in [5, 5.41) is 12.6. The van der Waals surface area contributed by atoms with Crippen molar-refractivity contribution in [1.29, 1.82) is 0 Å². The van der Waals surface area contributed by atoms with Crippen molar-refractivity contribution >= 4 is 11.6 Å². The number of carbonyl (C=O) groups excluding carboxylic acids is 1. The number of aromatic nitrogens is 2. The summed E-state index contributed by atoms with van der Waals surface area (Å²) in [7, 11) is 1.32. The number of anilines is 1. The molecule has 0 fully saturated rings. The van der Waals surface area contributed by atoms with Crippen molar-refractivity contribution in [1.82, 2.24) is 9.55 Å². The number of benzene rings is 1. The van der Waals surface area contributed by atoms with Crippen LogP contribution in [-0.4, -0.2) is 26.7 Å². The zero-order valence-electron chi connectivity index (χ0n) is 14.1. The van der Waals surface area contributed by atoms with E-state index in [-0.39, 0.29) is 0 Å². The van der Waals surface area contributed by atoms with E-state index in [2.05, 4.69) is 10.3 Å². The lowest BCUT2D eigenvalue weighted by atomic mass is 9.97. The van der Waals surface area contributed by atoms with Gasteiger partial charge < -0.3 is 15.0 Å². The molecule has 25 heavy (non-hydrogen) atoms. The molecule has 0 saturated heterocycles. The monoisotopic (exact) mass is 355 g/mol. The third kappa shape index (κ3) is 4.01. The molecule has 136 valence electrons. The molecule has 2 aromatic rings. The molecule has 1 amide bonds. The van der Waals surface area contributed by atoms with Crippen molar-refractivity contribution in [2.24, 2.45) is 7.05 Å². The van der Waals surface area contributed by atoms with Crippen LogP contribution in [0.2, 0.25) is 0 Å². The molecule has 5 nitrogen and oxygen atoms in total. The molecule has 1 aromatic carbocycles. The minimum atomic E-state index is -5.05. The van der Waals surface area contributed by atoms with Gasteiger partial charge in [0.1, 0.15) is 0 Å². The number of imidazole rings is 1. The summed E-state index contributed by atoms with van der Waals surface area (Å²) in [5.41, 5.74) is -1.97. The third-order valence-electron chi connectivity index (χ3n) is 3.94. The van der Waals surface area contributed by atoms with Crippen LogP contribution in [0.15, 0.2) is 36.7 Å². The van der Waals surface area contributed by atoms with Crippen LogP contribution in [-0.2, 0) is 17.4 Å². The van der Waals surface area contributed by atoms with E-state index in [1.54, 1.807) is 24.3 Å². The second-order valence-corrected chi connectivity index (χ2v) is 6.22. The Morgan fingerprint density at radius 1 is 1.28 bits per heavy atom. The number of hydrogen-bond acceptors (Lipinski definition) is 3. The normalized spacial score (nSPS) is 14.4. The van der Waals surface area contributed by atoms with Crippen LogP contribution < -0.4 is 5.32 Å². The molecule has 0 aliphatic carbocycles. The first kappa shape index (κ1) is 19.0. The minimum absolute atomic E-state index is 0.295. The first-order valence-electron chi connectivity index (χ1n) is 7.71. The highest BCUT2D eigenvalue weighted by Crippen LogP contribution is 2.40. The van der Waals surface area contributed by atoms with Crippen molar-refractivity contribution in [3.8, 4) is 0 Å². The summed E-state index contributed by atoms with van der Waals surface area (Å²) < 4.78 is 41.3. The Bertz CT molecular complexity index is 738. The van der Waals surface area contributed by atoms with E-state index in [4.69, 9.17) is 0 Å². The molecule has 2 rings (SSSR count). The van der Waals surface area contributed by atoms with Crippen LogP contribution in [0.1, 0.15) is 37.6 Å². The summed E-state index contributed by atoms with van der Waals surface area (Å²) in [4.78, 5) is 15.7. The van der Waals surface area contributed by atoms with E-state index < -0.39 is 29.9 Å². The Balaban J connectivity index is 2.19. The zero-order chi connectivity index (χ0) is 18.8. The first-order valence-corrected chi connectivity index (χ1v) is 7.71. The number of nitrogens with zero attached hydrogens (tertiary/aromatic N) is 2. The number of alkyl halides is 3. The molecule has 0 radical (unpaired) electrons. The number of hydrogen-bond donors (Lipinski definition) is 2. The van der Waals surface area contributed by atoms with Crippen LogP contribution >= 0.6 is 0 Å². The Labute approximate surface area is 143 Å². The Hall–Kier alpha value is -2.35. The standard InChI is InChI=1S/C17H20F3N3O2/c1-11(2)12-4-6-13(7-5-12)22-14(24)10-16(25,17(18,19)20)15-21-8-9-23(15)3/h4-9,11,25H,10H2,1-3H3,(H,22,24)/t16-/m1/s1. The van der Waals surface area contributed by atoms with Crippen molar-refractivity contribution < 1.29 is 23.1 Å². The molecular weight excluding hydrogens is 335 g/mol. The van der Waals surface area contributed by atoms with Gasteiger partial charge in [-0.15, -0.1) is 0 Å². The number of halogens is 3. The maximum absolute atomic E-state index is 13.4. The van der Waals surface area contributed by atoms with Gasteiger partial charge in [-0.1, -0.05) is 26.0 Å². The fourth-order valence-electron chi connectivity index (χ4n) is 2.46. The van der Waals surface area contributed by atoms with Gasteiger partial charge >= 0.3 is 6.18 Å². The highest BCUT2D eigenvalue weighted by atomic mass is 19.4. The van der Waals surface area contributed by atoms with Crippen LogP contribution in [0.5, 0.6) is 0 Å². The first-order chi connectivity index (χ1) is 11.5. The predicted molar refractivity (Wildman–Crippen MR) is 86.9 cm³/mol. The average Bonchev–Trinajstić information content (AvgIpc) is 2.93. The molecular formula is C17H20F3N3O2. The van der Waals surface area contributed by atoms with Crippen molar-refractivity contribution in [3.63, 3.8) is 0 Å². The van der Waals surface area contributed by atoms with Crippen LogP contribution in [0.4, 0.5) is 18.9 Å². The van der Waals surface area contributed by atoms with Gasteiger partial charge in [0.05, 0.1) is 6.42 Å². The summed E-state index contributed by atoms with van der Waals surface area (Å²) in [6.45, 7) is 4.01. The topological polar surface area (TPSA) is 67.2 Å². The summed E-state index contributed by atoms with van der Waals surface area (Å²) in [6.07, 6.45) is -3.83. The van der Waals surface area contributed by atoms with E-state index >= 15 is 0 Å². The molecule has 1 atom stereocenters. The maximum Gasteiger partial charge on any atom is 0.425 e. The molecule has 1 aromatic heterocycles. The van der Waals surface area contributed by atoms with Gasteiger partial charge in [0.2, 0.25) is 11.5 Å². The van der Waals surface area contributed by atoms with E-state index in [9.17, 15) is 23.1 Å². The number of carbonyl (C=O) groups is 1. The van der Waals surface area contributed by atoms with Crippen LogP contribution in [0.25, 0.3) is 0 Å². The summed E-state index contributed by atoms with van der Waals surface area (Å²) in [6, 6.07) is 6.80. The van der Waals surface area contributed by atoms with Gasteiger partial charge in [0.25, 0.3) is 0 Å². The van der Waals surface area contributed by atoms with E-state index in [1.165, 1.54) is 13.2 Å². The molecule has 0 unspecified atom stereocenters. The molecule has 2 N–H and O–H groups in total. The summed E-state index contributed by atoms with van der Waals surface area (Å²) in [5.74, 6) is -1.30. The smallest absolute Gasteiger partial charge is 0.374 e. The number of rotatable bonds is 5. The van der Waals surface area contributed by atoms with E-state index in [1.807, 2.05) is 13.8 Å². The Kier molecular flexibility index (Phi) is 5.22. The van der Waals surface area contributed by atoms with Gasteiger partial charge in [-0.2, -0.15) is 13.2 Å². The molecule has 1 heterocycles. The van der Waals surface area contributed by atoms with Gasteiger partial charge in [-0.05, 0) is 23.6 Å². The summed E-state index contributed by atoms with van der Waals surface area (Å²) >= 11 is 0. The molecule has 0 aliphatic heterocycles. The zero-order valence-corrected chi connectivity index (χ0v) is 14.1. The number of aryl methyl sites for hydroxylation is 1. The largest absolute Gasteiger partial charge is 0.425 e. The van der Waals surface area contributed by atoms with Crippen molar-refractivity contribution in [2.45, 2.75) is 38.0 Å². The lowest BCUT2D eigenvalue weighted by molar-refractivity contribution is -0.270. The number of aliphatic hydroxyl groups is 1. The SMILES string of the molecule is CC(C)c1ccc(NC(=O)C[C@@](O)(c2nccn2C)C(F)(F)F)cc1. The molecule has 0 spiro atoms. The predicted octanol–water partition coefficient (Wildman–Crippen LogP) is 3.32. The van der Waals surface area contributed by atoms with Gasteiger partial charge in [0.15, 0.2) is 5.82 Å². The highest BCUT2D eigenvalue weighted by molar-refractivity contribution is 5.91. The third-order valence-corrected chi connectivity index (χ3v) is 3.94. The van der Waals surface area contributed by atoms with E-state index in [0.717, 1.165) is 16.3 Å². The van der Waals surface area contributed by atoms with Gasteiger partial charge in [-0.25, -0.2) is 4.98 Å². The van der Waals surface area contributed by atoms with E-state index in [0.29, 0.717) is 11.6 Å². The van der Waals surface area contributed by atoms with Gasteiger partial charge in [0, 0.05) is 25.1 Å². The lowest BCUT2D eigenvalue weighted by Gasteiger charge is -2.29. The average molecular weight is 355 g/mol.